The van der Waals surface area contributed by atoms with Crippen molar-refractivity contribution in [3.05, 3.63) is 0 Å². The van der Waals surface area contributed by atoms with Gasteiger partial charge in [-0.2, -0.15) is 0 Å². The Kier molecular flexibility index (Phi) is 3.34. The second kappa shape index (κ2) is 4.14. The Bertz CT molecular complexity index is 220. The van der Waals surface area contributed by atoms with Gasteiger partial charge >= 0.3 is 0 Å². The first-order chi connectivity index (χ1) is 6.46. The highest BCUT2D eigenvalue weighted by atomic mass is 16.4. The molecule has 0 aromatic heterocycles. The third-order valence-corrected chi connectivity index (χ3v) is 2.38. The summed E-state index contributed by atoms with van der Waals surface area (Å²) < 4.78 is 0. The number of nitrogens with one attached hydrogen (secondary N) is 1. The fraction of sp³-hybridized carbons (Fsp3) is 0.889. The van der Waals surface area contributed by atoms with E-state index in [1.54, 1.807) is 0 Å². The number of aliphatic hydroxyl groups is 1. The number of rotatable bonds is 2. The van der Waals surface area contributed by atoms with Crippen LogP contribution < -0.4 is 10.4 Å². The van der Waals surface area contributed by atoms with Crippen LogP contribution in [0.3, 0.4) is 0 Å². The molecule has 1 fully saturated rings. The predicted octanol–water partition coefficient (Wildman–Crippen LogP) is -1.03. The number of hydrogen-bond donors (Lipinski definition) is 2. The van der Waals surface area contributed by atoms with Crippen LogP contribution in [0.4, 0.5) is 4.79 Å². The van der Waals surface area contributed by atoms with Gasteiger partial charge in [-0.3, -0.25) is 0 Å². The van der Waals surface area contributed by atoms with Crippen LogP contribution in [0.15, 0.2) is 0 Å². The van der Waals surface area contributed by atoms with Crippen LogP contribution in [0.25, 0.3) is 0 Å². The fourth-order valence-corrected chi connectivity index (χ4v) is 1.88. The minimum atomic E-state index is -1.30. The SMILES string of the molecule is CC(C)CC1(O)CNCCN1C(=O)[O-]. The summed E-state index contributed by atoms with van der Waals surface area (Å²) in [7, 11) is 0. The average molecular weight is 201 g/mol. The van der Waals surface area contributed by atoms with Gasteiger partial charge in [-0.15, -0.1) is 0 Å². The first-order valence-electron chi connectivity index (χ1n) is 4.87. The Morgan fingerprint density at radius 3 is 2.86 bits per heavy atom. The van der Waals surface area contributed by atoms with Gasteiger partial charge in [0.15, 0.2) is 5.72 Å². The average Bonchev–Trinajstić information content (AvgIpc) is 2.01. The number of β-amino-alcohol motifs (C(OH)–C–C–N with tert-alkyl or cyclic N) is 1. The number of nitrogens with zero attached hydrogens (tertiary/aromatic N) is 1. The molecule has 1 unspecified atom stereocenters. The van der Waals surface area contributed by atoms with Gasteiger partial charge in [0, 0.05) is 19.6 Å². The van der Waals surface area contributed by atoms with Crippen molar-refractivity contribution in [1.82, 2.24) is 10.2 Å². The maximum Gasteiger partial charge on any atom is 0.151 e. The highest BCUT2D eigenvalue weighted by Gasteiger charge is 2.37. The van der Waals surface area contributed by atoms with Crippen molar-refractivity contribution in [2.45, 2.75) is 26.0 Å². The molecule has 5 heteroatoms. The third kappa shape index (κ3) is 2.36. The Morgan fingerprint density at radius 1 is 1.71 bits per heavy atom. The van der Waals surface area contributed by atoms with Gasteiger partial charge in [0.25, 0.3) is 0 Å². The number of carboxylic acid groups (broad SMARTS) is 1. The molecular formula is C9H17N2O3-. The molecule has 5 nitrogen and oxygen atoms in total. The van der Waals surface area contributed by atoms with Crippen molar-refractivity contribution in [3.63, 3.8) is 0 Å². The van der Waals surface area contributed by atoms with Crippen LogP contribution in [-0.2, 0) is 0 Å². The summed E-state index contributed by atoms with van der Waals surface area (Å²) in [4.78, 5) is 11.8. The molecular weight excluding hydrogens is 184 g/mol. The Hall–Kier alpha value is -0.810. The zero-order valence-electron chi connectivity index (χ0n) is 8.62. The summed E-state index contributed by atoms with van der Waals surface area (Å²) in [6.07, 6.45) is -0.872. The van der Waals surface area contributed by atoms with E-state index in [0.29, 0.717) is 13.0 Å². The molecule has 1 rings (SSSR count). The number of piperazine rings is 1. The summed E-state index contributed by atoms with van der Waals surface area (Å²) in [6, 6.07) is 0. The van der Waals surface area contributed by atoms with Gasteiger partial charge in [-0.1, -0.05) is 13.8 Å². The lowest BCUT2D eigenvalue weighted by atomic mass is 9.97. The smallest absolute Gasteiger partial charge is 0.151 e. The molecule has 0 bridgehead atoms. The van der Waals surface area contributed by atoms with Crippen LogP contribution >= 0.6 is 0 Å². The van der Waals surface area contributed by atoms with E-state index in [9.17, 15) is 15.0 Å². The first-order valence-corrected chi connectivity index (χ1v) is 4.87. The minimum Gasteiger partial charge on any atom is -0.530 e. The molecule has 0 spiro atoms. The molecule has 2 N–H and O–H groups in total. The topological polar surface area (TPSA) is 75.6 Å². The molecule has 1 saturated heterocycles. The minimum absolute atomic E-state index is 0.238. The van der Waals surface area contributed by atoms with Gasteiger partial charge in [0.1, 0.15) is 6.09 Å². The lowest BCUT2D eigenvalue weighted by Crippen LogP contribution is -2.66. The van der Waals surface area contributed by atoms with Crippen LogP contribution in [0, 0.1) is 5.92 Å². The number of hydrogen-bond acceptors (Lipinski definition) is 4. The van der Waals surface area contributed by atoms with E-state index < -0.39 is 11.8 Å². The number of carbonyl (C=O) groups is 1. The van der Waals surface area contributed by atoms with Crippen molar-refractivity contribution in [2.75, 3.05) is 19.6 Å². The standard InChI is InChI=1S/C9H18N2O3/c1-7(2)5-9(14)6-10-3-4-11(9)8(12)13/h7,10,14H,3-6H2,1-2H3,(H,12,13)/p-1. The number of carbonyl (C=O) groups excluding carboxylic acids is 1. The second-order valence-electron chi connectivity index (χ2n) is 4.17. The van der Waals surface area contributed by atoms with Gasteiger partial charge in [-0.05, 0) is 12.3 Å². The van der Waals surface area contributed by atoms with E-state index in [1.165, 1.54) is 0 Å². The van der Waals surface area contributed by atoms with Crippen LogP contribution in [0.5, 0.6) is 0 Å². The quantitative estimate of drug-likeness (QED) is 0.599. The van der Waals surface area contributed by atoms with E-state index in [0.717, 1.165) is 4.90 Å². The van der Waals surface area contributed by atoms with Crippen molar-refractivity contribution in [3.8, 4) is 0 Å². The maximum absolute atomic E-state index is 10.8. The largest absolute Gasteiger partial charge is 0.530 e. The highest BCUT2D eigenvalue weighted by Crippen LogP contribution is 2.22. The van der Waals surface area contributed by atoms with Crippen molar-refractivity contribution >= 4 is 6.09 Å². The lowest BCUT2D eigenvalue weighted by Gasteiger charge is -2.46. The summed E-state index contributed by atoms with van der Waals surface area (Å²) >= 11 is 0. The molecule has 1 heterocycles. The molecule has 1 aliphatic heterocycles. The summed E-state index contributed by atoms with van der Waals surface area (Å²) in [5, 5.41) is 23.9. The molecule has 0 aromatic rings. The Morgan fingerprint density at radius 2 is 2.36 bits per heavy atom. The van der Waals surface area contributed by atoms with E-state index in [2.05, 4.69) is 5.32 Å². The normalized spacial score (nSPS) is 28.1. The fourth-order valence-electron chi connectivity index (χ4n) is 1.88. The zero-order chi connectivity index (χ0) is 10.8. The third-order valence-electron chi connectivity index (χ3n) is 2.38. The lowest BCUT2D eigenvalue weighted by molar-refractivity contribution is -0.285. The van der Waals surface area contributed by atoms with Crippen LogP contribution in [0.2, 0.25) is 0 Å². The van der Waals surface area contributed by atoms with E-state index in [-0.39, 0.29) is 19.0 Å². The van der Waals surface area contributed by atoms with Gasteiger partial charge in [0.2, 0.25) is 0 Å². The van der Waals surface area contributed by atoms with Crippen molar-refractivity contribution in [2.24, 2.45) is 5.92 Å². The molecule has 0 radical (unpaired) electrons. The van der Waals surface area contributed by atoms with Crippen LogP contribution in [0.1, 0.15) is 20.3 Å². The maximum atomic E-state index is 10.8. The Balaban J connectivity index is 2.74. The Labute approximate surface area is 83.7 Å². The zero-order valence-corrected chi connectivity index (χ0v) is 8.62. The van der Waals surface area contributed by atoms with E-state index >= 15 is 0 Å². The van der Waals surface area contributed by atoms with Gasteiger partial charge in [0.05, 0.1) is 0 Å². The van der Waals surface area contributed by atoms with Crippen molar-refractivity contribution in [1.29, 1.82) is 0 Å². The molecule has 1 aliphatic rings. The number of amides is 1. The van der Waals surface area contributed by atoms with Gasteiger partial charge in [-0.25, -0.2) is 0 Å². The molecule has 14 heavy (non-hydrogen) atoms. The van der Waals surface area contributed by atoms with Gasteiger partial charge < -0.3 is 25.2 Å². The molecule has 82 valence electrons. The van der Waals surface area contributed by atoms with E-state index in [1.807, 2.05) is 13.8 Å². The molecule has 0 saturated carbocycles. The van der Waals surface area contributed by atoms with Crippen molar-refractivity contribution < 1.29 is 15.0 Å². The molecule has 1 atom stereocenters. The summed E-state index contributed by atoms with van der Waals surface area (Å²) in [5.74, 6) is 0.238. The van der Waals surface area contributed by atoms with Crippen LogP contribution in [-0.4, -0.2) is 41.5 Å². The highest BCUT2D eigenvalue weighted by molar-refractivity contribution is 5.63. The summed E-state index contributed by atoms with van der Waals surface area (Å²) in [6.45, 7) is 5.01. The predicted molar refractivity (Wildman–Crippen MR) is 49.4 cm³/mol. The molecule has 1 amide bonds. The summed E-state index contributed by atoms with van der Waals surface area (Å²) in [5.41, 5.74) is -1.30. The van der Waals surface area contributed by atoms with E-state index in [4.69, 9.17) is 0 Å². The molecule has 0 aromatic carbocycles. The monoisotopic (exact) mass is 201 g/mol. The molecule has 0 aliphatic carbocycles. The first kappa shape index (κ1) is 11.3. The second-order valence-corrected chi connectivity index (χ2v) is 4.17.